The first-order valence-corrected chi connectivity index (χ1v) is 15.1. The molecular formula is C33H52N2O. The van der Waals surface area contributed by atoms with E-state index in [1.807, 2.05) is 12.1 Å². The number of hydrogen-bond acceptors (Lipinski definition) is 3. The lowest BCUT2D eigenvalue weighted by molar-refractivity contribution is -0.0559. The fourth-order valence-electron chi connectivity index (χ4n) is 9.66. The van der Waals surface area contributed by atoms with Crippen molar-refractivity contribution in [3.63, 3.8) is 0 Å². The van der Waals surface area contributed by atoms with Crippen LogP contribution in [0.15, 0.2) is 29.8 Å². The minimum Gasteiger partial charge on any atom is -0.490 e. The average molecular weight is 493 g/mol. The van der Waals surface area contributed by atoms with Crippen LogP contribution in [-0.4, -0.2) is 6.10 Å². The summed E-state index contributed by atoms with van der Waals surface area (Å²) >= 11 is 0. The van der Waals surface area contributed by atoms with Crippen molar-refractivity contribution in [3.05, 3.63) is 29.8 Å². The molecule has 3 heteroatoms. The van der Waals surface area contributed by atoms with Gasteiger partial charge in [-0.25, -0.2) is 0 Å². The molecule has 0 amide bonds. The molecular weight excluding hydrogens is 440 g/mol. The Morgan fingerprint density at radius 1 is 0.917 bits per heavy atom. The Kier molecular flexibility index (Phi) is 7.16. The second-order valence-corrected chi connectivity index (χ2v) is 14.1. The molecule has 3 fully saturated rings. The molecule has 5 rings (SSSR count). The summed E-state index contributed by atoms with van der Waals surface area (Å²) in [7, 11) is 0. The van der Waals surface area contributed by atoms with E-state index in [4.69, 9.17) is 16.2 Å². The number of ether oxygens (including phenoxy) is 1. The number of fused-ring (bicyclic) bond motifs is 5. The zero-order valence-electron chi connectivity index (χ0n) is 23.7. The van der Waals surface area contributed by atoms with Crippen LogP contribution in [-0.2, 0) is 0 Å². The SMILES string of the molecule is CC(C)CCC[C@@H](C)[C@H]1CC[C@H]2[C@@H]3CC=C4C[C@@H](Oc5cc(N)cc(N)c5)CC[C@]4(C)[C@H]3CC[C@]12C. The van der Waals surface area contributed by atoms with Gasteiger partial charge in [-0.1, -0.05) is 65.5 Å². The maximum absolute atomic E-state index is 6.42. The van der Waals surface area contributed by atoms with Crippen LogP contribution in [0, 0.1) is 46.3 Å². The lowest BCUT2D eigenvalue weighted by atomic mass is 9.47. The smallest absolute Gasteiger partial charge is 0.123 e. The third-order valence-electron chi connectivity index (χ3n) is 11.5. The summed E-state index contributed by atoms with van der Waals surface area (Å²) in [6.07, 6.45) is 17.7. The molecule has 0 heterocycles. The first-order chi connectivity index (χ1) is 17.1. The summed E-state index contributed by atoms with van der Waals surface area (Å²) in [6.45, 7) is 12.6. The van der Waals surface area contributed by atoms with E-state index in [-0.39, 0.29) is 6.10 Å². The molecule has 0 unspecified atom stereocenters. The second kappa shape index (κ2) is 9.91. The second-order valence-electron chi connectivity index (χ2n) is 14.1. The first-order valence-electron chi connectivity index (χ1n) is 15.1. The van der Waals surface area contributed by atoms with E-state index in [1.165, 1.54) is 57.8 Å². The van der Waals surface area contributed by atoms with Gasteiger partial charge in [0.15, 0.2) is 0 Å². The summed E-state index contributed by atoms with van der Waals surface area (Å²) < 4.78 is 6.42. The highest BCUT2D eigenvalue weighted by atomic mass is 16.5. The van der Waals surface area contributed by atoms with E-state index in [9.17, 15) is 0 Å². The molecule has 4 N–H and O–H groups in total. The molecule has 0 saturated heterocycles. The van der Waals surface area contributed by atoms with Gasteiger partial charge in [-0.2, -0.15) is 0 Å². The first kappa shape index (κ1) is 26.0. The molecule has 0 aliphatic heterocycles. The Morgan fingerprint density at radius 2 is 1.67 bits per heavy atom. The number of allylic oxidation sites excluding steroid dienone is 1. The van der Waals surface area contributed by atoms with Gasteiger partial charge >= 0.3 is 0 Å². The molecule has 0 radical (unpaired) electrons. The van der Waals surface area contributed by atoms with Gasteiger partial charge in [0.2, 0.25) is 0 Å². The highest BCUT2D eigenvalue weighted by Crippen LogP contribution is 2.67. The number of benzene rings is 1. The van der Waals surface area contributed by atoms with E-state index in [2.05, 4.69) is 40.7 Å². The number of anilines is 2. The van der Waals surface area contributed by atoms with Crippen molar-refractivity contribution in [2.24, 2.45) is 46.3 Å². The third kappa shape index (κ3) is 4.69. The summed E-state index contributed by atoms with van der Waals surface area (Å²) in [5.41, 5.74) is 16.0. The molecule has 1 aromatic rings. The molecule has 8 atom stereocenters. The van der Waals surface area contributed by atoms with Crippen LogP contribution < -0.4 is 16.2 Å². The Labute approximate surface area is 220 Å². The molecule has 3 saturated carbocycles. The maximum atomic E-state index is 6.42. The van der Waals surface area contributed by atoms with Gasteiger partial charge in [-0.3, -0.25) is 0 Å². The van der Waals surface area contributed by atoms with Crippen LogP contribution in [0.5, 0.6) is 5.75 Å². The number of nitrogen functional groups attached to an aromatic ring is 2. The molecule has 200 valence electrons. The van der Waals surface area contributed by atoms with Crippen LogP contribution in [0.4, 0.5) is 11.4 Å². The molecule has 0 spiro atoms. The molecule has 4 aliphatic carbocycles. The van der Waals surface area contributed by atoms with Crippen LogP contribution >= 0.6 is 0 Å². The van der Waals surface area contributed by atoms with E-state index >= 15 is 0 Å². The summed E-state index contributed by atoms with van der Waals surface area (Å²) in [5.74, 6) is 6.15. The van der Waals surface area contributed by atoms with Crippen LogP contribution in [0.2, 0.25) is 0 Å². The van der Waals surface area contributed by atoms with Crippen LogP contribution in [0.3, 0.4) is 0 Å². The Bertz CT molecular complexity index is 948. The van der Waals surface area contributed by atoms with Gasteiger partial charge < -0.3 is 16.2 Å². The van der Waals surface area contributed by atoms with Crippen LogP contribution in [0.25, 0.3) is 0 Å². The van der Waals surface area contributed by atoms with Crippen molar-refractivity contribution in [2.75, 3.05) is 11.5 Å². The van der Waals surface area contributed by atoms with Gasteiger partial charge in [0.1, 0.15) is 11.9 Å². The minimum absolute atomic E-state index is 0.235. The van der Waals surface area contributed by atoms with Gasteiger partial charge in [0, 0.05) is 29.9 Å². The van der Waals surface area contributed by atoms with Gasteiger partial charge in [-0.05, 0) is 97.3 Å². The van der Waals surface area contributed by atoms with Crippen molar-refractivity contribution >= 4 is 11.4 Å². The molecule has 1 aromatic carbocycles. The number of nitrogens with two attached hydrogens (primary N) is 2. The van der Waals surface area contributed by atoms with Crippen molar-refractivity contribution in [3.8, 4) is 5.75 Å². The lowest BCUT2D eigenvalue weighted by Gasteiger charge is -2.58. The molecule has 3 nitrogen and oxygen atoms in total. The standard InChI is InChI=1S/C33H52N2O/c1-21(2)7-6-8-22(3)29-11-12-30-28-10-9-23-17-26(36-27-19-24(34)18-25(35)20-27)13-15-32(23,4)31(28)14-16-33(29,30)5/h9,18-22,26,28-31H,6-8,10-17,34-35H2,1-5H3/t22-,26+,28+,29-,30+,31+,32+,33-/m1/s1. The quantitative estimate of drug-likeness (QED) is 0.296. The maximum Gasteiger partial charge on any atom is 0.123 e. The van der Waals surface area contributed by atoms with E-state index in [0.717, 1.165) is 54.1 Å². The number of hydrogen-bond donors (Lipinski definition) is 2. The normalized spacial score (nSPS) is 38.6. The van der Waals surface area contributed by atoms with Crippen molar-refractivity contribution in [2.45, 2.75) is 111 Å². The topological polar surface area (TPSA) is 61.3 Å². The molecule has 4 aliphatic rings. The van der Waals surface area contributed by atoms with Gasteiger partial charge in [-0.15, -0.1) is 0 Å². The van der Waals surface area contributed by atoms with E-state index < -0.39 is 0 Å². The minimum atomic E-state index is 0.235. The van der Waals surface area contributed by atoms with Gasteiger partial charge in [0.25, 0.3) is 0 Å². The molecule has 36 heavy (non-hydrogen) atoms. The zero-order chi connectivity index (χ0) is 25.7. The highest BCUT2D eigenvalue weighted by Gasteiger charge is 2.59. The highest BCUT2D eigenvalue weighted by molar-refractivity contribution is 5.56. The Hall–Kier alpha value is -1.64. The fourth-order valence-corrected chi connectivity index (χ4v) is 9.66. The third-order valence-corrected chi connectivity index (χ3v) is 11.5. The lowest BCUT2D eigenvalue weighted by Crippen LogP contribution is -2.51. The summed E-state index contributed by atoms with van der Waals surface area (Å²) in [4.78, 5) is 0. The van der Waals surface area contributed by atoms with Crippen molar-refractivity contribution in [1.82, 2.24) is 0 Å². The molecule has 0 aromatic heterocycles. The number of rotatable bonds is 7. The van der Waals surface area contributed by atoms with Crippen LogP contribution in [0.1, 0.15) is 105 Å². The largest absolute Gasteiger partial charge is 0.490 e. The van der Waals surface area contributed by atoms with E-state index in [0.29, 0.717) is 22.2 Å². The Balaban J connectivity index is 1.27. The van der Waals surface area contributed by atoms with E-state index in [1.54, 1.807) is 11.6 Å². The monoisotopic (exact) mass is 492 g/mol. The van der Waals surface area contributed by atoms with Gasteiger partial charge in [0.05, 0.1) is 0 Å². The summed E-state index contributed by atoms with van der Waals surface area (Å²) in [5, 5.41) is 0. The average Bonchev–Trinajstić information content (AvgIpc) is 3.15. The van der Waals surface area contributed by atoms with Crippen molar-refractivity contribution in [1.29, 1.82) is 0 Å². The zero-order valence-corrected chi connectivity index (χ0v) is 23.7. The predicted molar refractivity (Wildman–Crippen MR) is 153 cm³/mol. The predicted octanol–water partition coefficient (Wildman–Crippen LogP) is 8.64. The van der Waals surface area contributed by atoms with Crippen molar-refractivity contribution < 1.29 is 4.74 Å². The molecule has 0 bridgehead atoms. The summed E-state index contributed by atoms with van der Waals surface area (Å²) in [6, 6.07) is 5.63. The fraction of sp³-hybridized carbons (Fsp3) is 0.758. The Morgan fingerprint density at radius 3 is 2.39 bits per heavy atom.